The van der Waals surface area contributed by atoms with Crippen LogP contribution in [0.25, 0.3) is 0 Å². The van der Waals surface area contributed by atoms with Crippen molar-refractivity contribution in [2.75, 3.05) is 14.2 Å². The summed E-state index contributed by atoms with van der Waals surface area (Å²) in [5, 5.41) is 2.54. The van der Waals surface area contributed by atoms with Crippen LogP contribution >= 0.6 is 0 Å². The Labute approximate surface area is 122 Å². The van der Waals surface area contributed by atoms with Crippen LogP contribution in [0.5, 0.6) is 0 Å². The summed E-state index contributed by atoms with van der Waals surface area (Å²) in [5.41, 5.74) is 0.365. The van der Waals surface area contributed by atoms with Crippen molar-refractivity contribution in [1.82, 2.24) is 10.3 Å². The summed E-state index contributed by atoms with van der Waals surface area (Å²) < 4.78 is 9.25. The predicted molar refractivity (Wildman–Crippen MR) is 73.3 cm³/mol. The average molecular weight is 294 g/mol. The van der Waals surface area contributed by atoms with Gasteiger partial charge in [0.15, 0.2) is 0 Å². The largest absolute Gasteiger partial charge is 0.469 e. The highest BCUT2D eigenvalue weighted by Crippen LogP contribution is 2.10. The highest BCUT2D eigenvalue weighted by atomic mass is 16.5. The van der Waals surface area contributed by atoms with Gasteiger partial charge in [-0.15, -0.1) is 0 Å². The van der Waals surface area contributed by atoms with Crippen LogP contribution in [0.1, 0.15) is 23.7 Å². The Morgan fingerprint density at radius 3 is 2.24 bits per heavy atom. The van der Waals surface area contributed by atoms with Crippen LogP contribution in [0.3, 0.4) is 0 Å². The highest BCUT2D eigenvalue weighted by Gasteiger charge is 2.27. The quantitative estimate of drug-likeness (QED) is 0.770. The fourth-order valence-electron chi connectivity index (χ4n) is 1.75. The van der Waals surface area contributed by atoms with Gasteiger partial charge >= 0.3 is 11.9 Å². The van der Waals surface area contributed by atoms with E-state index >= 15 is 0 Å². The fraction of sp³-hybridized carbons (Fsp3) is 0.429. The third-order valence-electron chi connectivity index (χ3n) is 2.93. The monoisotopic (exact) mass is 294 g/mol. The third-order valence-corrected chi connectivity index (χ3v) is 2.93. The van der Waals surface area contributed by atoms with Crippen molar-refractivity contribution in [2.45, 2.75) is 19.4 Å². The number of rotatable bonds is 6. The molecule has 1 aromatic rings. The van der Waals surface area contributed by atoms with Crippen LogP contribution in [-0.2, 0) is 19.1 Å². The zero-order valence-corrected chi connectivity index (χ0v) is 12.2. The highest BCUT2D eigenvalue weighted by molar-refractivity contribution is 5.96. The number of nitrogens with one attached hydrogen (secondary N) is 1. The molecule has 0 aliphatic heterocycles. The van der Waals surface area contributed by atoms with E-state index in [4.69, 9.17) is 0 Å². The average Bonchev–Trinajstić information content (AvgIpc) is 2.53. The van der Waals surface area contributed by atoms with Gasteiger partial charge in [-0.05, 0) is 18.6 Å². The zero-order chi connectivity index (χ0) is 15.8. The molecule has 0 fully saturated rings. The maximum Gasteiger partial charge on any atom is 0.328 e. The van der Waals surface area contributed by atoms with Gasteiger partial charge in [-0.3, -0.25) is 14.6 Å². The molecule has 0 bridgehead atoms. The van der Waals surface area contributed by atoms with E-state index in [9.17, 15) is 14.4 Å². The Kier molecular flexibility index (Phi) is 6.32. The fourth-order valence-corrected chi connectivity index (χ4v) is 1.75. The first kappa shape index (κ1) is 16.6. The van der Waals surface area contributed by atoms with E-state index in [1.165, 1.54) is 38.7 Å². The number of carbonyl (C=O) groups is 3. The minimum Gasteiger partial charge on any atom is -0.469 e. The number of esters is 2. The number of aromatic nitrogens is 1. The van der Waals surface area contributed by atoms with Crippen LogP contribution in [0.2, 0.25) is 0 Å². The lowest BCUT2D eigenvalue weighted by Gasteiger charge is -2.19. The van der Waals surface area contributed by atoms with E-state index in [1.54, 1.807) is 6.92 Å². The summed E-state index contributed by atoms with van der Waals surface area (Å²) in [6.07, 6.45) is 3.04. The molecule has 114 valence electrons. The van der Waals surface area contributed by atoms with E-state index in [-0.39, 0.29) is 6.42 Å². The summed E-state index contributed by atoms with van der Waals surface area (Å²) in [6, 6.07) is 2.12. The number of hydrogen-bond acceptors (Lipinski definition) is 6. The van der Waals surface area contributed by atoms with Gasteiger partial charge < -0.3 is 14.8 Å². The first-order valence-corrected chi connectivity index (χ1v) is 6.36. The Balaban J connectivity index is 2.77. The second kappa shape index (κ2) is 7.98. The summed E-state index contributed by atoms with van der Waals surface area (Å²) in [7, 11) is 2.48. The van der Waals surface area contributed by atoms with Crippen molar-refractivity contribution >= 4 is 17.8 Å². The van der Waals surface area contributed by atoms with Gasteiger partial charge in [0.25, 0.3) is 5.91 Å². The lowest BCUT2D eigenvalue weighted by atomic mass is 10.0. The molecule has 0 aliphatic carbocycles. The Hall–Kier alpha value is -2.44. The van der Waals surface area contributed by atoms with E-state index < -0.39 is 29.8 Å². The Morgan fingerprint density at radius 1 is 1.14 bits per heavy atom. The van der Waals surface area contributed by atoms with Crippen LogP contribution < -0.4 is 5.32 Å². The second-order valence-electron chi connectivity index (χ2n) is 4.45. The van der Waals surface area contributed by atoms with Gasteiger partial charge in [0.2, 0.25) is 0 Å². The molecule has 0 unspecified atom stereocenters. The molecule has 0 radical (unpaired) electrons. The number of pyridine rings is 1. The Morgan fingerprint density at radius 2 is 1.71 bits per heavy atom. The van der Waals surface area contributed by atoms with Crippen molar-refractivity contribution < 1.29 is 23.9 Å². The maximum absolute atomic E-state index is 12.0. The number of nitrogens with zero attached hydrogens (tertiary/aromatic N) is 1. The molecule has 0 aliphatic rings. The molecular weight excluding hydrogens is 276 g/mol. The number of amides is 1. The molecule has 1 aromatic heterocycles. The van der Waals surface area contributed by atoms with Crippen LogP contribution in [-0.4, -0.2) is 43.1 Å². The van der Waals surface area contributed by atoms with Crippen molar-refractivity contribution in [1.29, 1.82) is 0 Å². The van der Waals surface area contributed by atoms with Gasteiger partial charge in [0.05, 0.1) is 20.1 Å². The minimum absolute atomic E-state index is 0.0934. The van der Waals surface area contributed by atoms with Gasteiger partial charge in [-0.2, -0.15) is 0 Å². The van der Waals surface area contributed by atoms with Gasteiger partial charge in [0, 0.05) is 18.0 Å². The molecule has 1 rings (SSSR count). The van der Waals surface area contributed by atoms with Gasteiger partial charge in [-0.1, -0.05) is 6.92 Å². The third kappa shape index (κ3) is 4.87. The molecule has 0 saturated carbocycles. The summed E-state index contributed by atoms with van der Waals surface area (Å²) >= 11 is 0. The predicted octanol–water partition coefficient (Wildman–Crippen LogP) is 0.552. The SMILES string of the molecule is COC(=O)[C@H](C)C[C@H](NC(=O)c1ccncc1)C(=O)OC. The normalized spacial score (nSPS) is 12.9. The van der Waals surface area contributed by atoms with E-state index in [0.29, 0.717) is 5.56 Å². The van der Waals surface area contributed by atoms with Crippen molar-refractivity contribution in [3.63, 3.8) is 0 Å². The molecule has 2 atom stereocenters. The van der Waals surface area contributed by atoms with Gasteiger partial charge in [0.1, 0.15) is 6.04 Å². The Bertz CT molecular complexity index is 503. The summed E-state index contributed by atoms with van der Waals surface area (Å²) in [4.78, 5) is 39.0. The van der Waals surface area contributed by atoms with Crippen LogP contribution in [0, 0.1) is 5.92 Å². The van der Waals surface area contributed by atoms with Crippen LogP contribution in [0.4, 0.5) is 0 Å². The number of hydrogen-bond donors (Lipinski definition) is 1. The maximum atomic E-state index is 12.0. The smallest absolute Gasteiger partial charge is 0.328 e. The van der Waals surface area contributed by atoms with E-state index in [2.05, 4.69) is 19.8 Å². The topological polar surface area (TPSA) is 94.6 Å². The van der Waals surface area contributed by atoms with Crippen molar-refractivity contribution in [3.8, 4) is 0 Å². The van der Waals surface area contributed by atoms with Crippen LogP contribution in [0.15, 0.2) is 24.5 Å². The molecule has 1 heterocycles. The molecule has 21 heavy (non-hydrogen) atoms. The summed E-state index contributed by atoms with van der Waals surface area (Å²) in [5.74, 6) is -2.06. The van der Waals surface area contributed by atoms with E-state index in [0.717, 1.165) is 0 Å². The first-order valence-electron chi connectivity index (χ1n) is 6.36. The molecule has 7 heteroatoms. The summed E-state index contributed by atoms with van der Waals surface area (Å²) in [6.45, 7) is 1.61. The first-order chi connectivity index (χ1) is 9.99. The lowest BCUT2D eigenvalue weighted by Crippen LogP contribution is -2.43. The standard InChI is InChI=1S/C14H18N2O5/c1-9(13(18)20-2)8-11(14(19)21-3)16-12(17)10-4-6-15-7-5-10/h4-7,9,11H,8H2,1-3H3,(H,16,17)/t9-,11+/m1/s1. The number of carbonyl (C=O) groups excluding carboxylic acids is 3. The van der Waals surface area contributed by atoms with Gasteiger partial charge in [-0.25, -0.2) is 4.79 Å². The molecule has 1 N–H and O–H groups in total. The molecule has 1 amide bonds. The van der Waals surface area contributed by atoms with Crippen molar-refractivity contribution in [3.05, 3.63) is 30.1 Å². The lowest BCUT2D eigenvalue weighted by molar-refractivity contribution is -0.147. The van der Waals surface area contributed by atoms with Crippen molar-refractivity contribution in [2.24, 2.45) is 5.92 Å². The zero-order valence-electron chi connectivity index (χ0n) is 12.2. The minimum atomic E-state index is -0.926. The number of ether oxygens (including phenoxy) is 2. The molecule has 7 nitrogen and oxygen atoms in total. The van der Waals surface area contributed by atoms with E-state index in [1.807, 2.05) is 0 Å². The molecule has 0 spiro atoms. The molecule has 0 saturated heterocycles. The number of methoxy groups -OCH3 is 2. The second-order valence-corrected chi connectivity index (χ2v) is 4.45. The molecular formula is C14H18N2O5. The molecule has 0 aromatic carbocycles.